The minimum atomic E-state index is -0.257. The van der Waals surface area contributed by atoms with Gasteiger partial charge in [0.15, 0.2) is 0 Å². The second-order valence-corrected chi connectivity index (χ2v) is 5.78. The number of amides is 1. The van der Waals surface area contributed by atoms with Gasteiger partial charge < -0.3 is 10.6 Å². The molecule has 0 saturated heterocycles. The molecule has 21 heavy (non-hydrogen) atoms. The van der Waals surface area contributed by atoms with Crippen LogP contribution in [0.5, 0.6) is 0 Å². The van der Waals surface area contributed by atoms with Crippen LogP contribution >= 0.6 is 11.6 Å². The number of hydrogen-bond acceptors (Lipinski definition) is 2. The van der Waals surface area contributed by atoms with E-state index in [-0.39, 0.29) is 11.9 Å². The number of hydrogen-bond donors (Lipinski definition) is 2. The van der Waals surface area contributed by atoms with Crippen molar-refractivity contribution < 1.29 is 4.79 Å². The molecule has 1 amide bonds. The van der Waals surface area contributed by atoms with Crippen molar-refractivity contribution in [3.63, 3.8) is 0 Å². The van der Waals surface area contributed by atoms with Gasteiger partial charge in [-0.05, 0) is 37.1 Å². The van der Waals surface area contributed by atoms with Crippen LogP contribution < -0.4 is 10.6 Å². The summed E-state index contributed by atoms with van der Waals surface area (Å²) in [7, 11) is 0. The molecule has 108 valence electrons. The van der Waals surface area contributed by atoms with Crippen LogP contribution in [-0.2, 0) is 11.2 Å². The monoisotopic (exact) mass is 300 g/mol. The molecule has 4 heteroatoms. The van der Waals surface area contributed by atoms with E-state index >= 15 is 0 Å². The van der Waals surface area contributed by atoms with E-state index in [4.69, 9.17) is 11.6 Å². The number of carbonyl (C=O) groups is 1. The van der Waals surface area contributed by atoms with E-state index in [1.54, 1.807) is 0 Å². The van der Waals surface area contributed by atoms with Crippen molar-refractivity contribution in [3.05, 3.63) is 64.2 Å². The standard InChI is InChI=1S/C17H17ClN2O/c1-11-2-7-15-14(10-11)16(17(21)20-15)19-9-8-12-3-5-13(18)6-4-12/h2-7,10,16,19H,8-9H2,1H3,(H,20,21). The summed E-state index contributed by atoms with van der Waals surface area (Å²) in [5, 5.41) is 6.99. The molecule has 3 rings (SSSR count). The molecule has 0 bridgehead atoms. The second-order valence-electron chi connectivity index (χ2n) is 5.34. The van der Waals surface area contributed by atoms with E-state index in [1.807, 2.05) is 43.3 Å². The van der Waals surface area contributed by atoms with Gasteiger partial charge in [0.05, 0.1) is 0 Å². The van der Waals surface area contributed by atoms with E-state index in [2.05, 4.69) is 16.7 Å². The fourth-order valence-corrected chi connectivity index (χ4v) is 2.72. The number of anilines is 1. The molecule has 0 aromatic heterocycles. The van der Waals surface area contributed by atoms with Crippen molar-refractivity contribution in [2.24, 2.45) is 0 Å². The first-order valence-electron chi connectivity index (χ1n) is 7.03. The Morgan fingerprint density at radius 3 is 2.71 bits per heavy atom. The zero-order chi connectivity index (χ0) is 14.8. The number of halogens is 1. The van der Waals surface area contributed by atoms with E-state index in [0.29, 0.717) is 0 Å². The van der Waals surface area contributed by atoms with Crippen LogP contribution in [0.15, 0.2) is 42.5 Å². The summed E-state index contributed by atoms with van der Waals surface area (Å²) < 4.78 is 0. The Labute approximate surface area is 129 Å². The number of carbonyl (C=O) groups excluding carboxylic acids is 1. The normalized spacial score (nSPS) is 16.7. The maximum atomic E-state index is 12.0. The van der Waals surface area contributed by atoms with Crippen LogP contribution in [0, 0.1) is 6.92 Å². The maximum Gasteiger partial charge on any atom is 0.246 e. The zero-order valence-corrected chi connectivity index (χ0v) is 12.6. The van der Waals surface area contributed by atoms with Gasteiger partial charge in [0.2, 0.25) is 5.91 Å². The molecule has 0 fully saturated rings. The second kappa shape index (κ2) is 5.88. The Hall–Kier alpha value is -1.84. The SMILES string of the molecule is Cc1ccc2c(c1)C(NCCc1ccc(Cl)cc1)C(=O)N2. The molecule has 0 aliphatic carbocycles. The van der Waals surface area contributed by atoms with E-state index in [0.717, 1.165) is 34.8 Å². The van der Waals surface area contributed by atoms with Crippen molar-refractivity contribution in [3.8, 4) is 0 Å². The van der Waals surface area contributed by atoms with Crippen LogP contribution in [0.3, 0.4) is 0 Å². The average Bonchev–Trinajstić information content (AvgIpc) is 2.77. The van der Waals surface area contributed by atoms with Gasteiger partial charge in [0, 0.05) is 22.8 Å². The van der Waals surface area contributed by atoms with E-state index < -0.39 is 0 Å². The van der Waals surface area contributed by atoms with Gasteiger partial charge in [-0.25, -0.2) is 0 Å². The largest absolute Gasteiger partial charge is 0.324 e. The predicted molar refractivity (Wildman–Crippen MR) is 85.7 cm³/mol. The Balaban J connectivity index is 1.65. The highest BCUT2D eigenvalue weighted by molar-refractivity contribution is 6.30. The highest BCUT2D eigenvalue weighted by Crippen LogP contribution is 2.31. The fourth-order valence-electron chi connectivity index (χ4n) is 2.60. The number of fused-ring (bicyclic) bond motifs is 1. The van der Waals surface area contributed by atoms with Gasteiger partial charge in [0.25, 0.3) is 0 Å². The topological polar surface area (TPSA) is 41.1 Å². The number of nitrogens with one attached hydrogen (secondary N) is 2. The van der Waals surface area contributed by atoms with Crippen molar-refractivity contribution in [1.29, 1.82) is 0 Å². The minimum Gasteiger partial charge on any atom is -0.324 e. The van der Waals surface area contributed by atoms with Crippen molar-refractivity contribution in [2.45, 2.75) is 19.4 Å². The van der Waals surface area contributed by atoms with Crippen LogP contribution in [0.2, 0.25) is 5.02 Å². The summed E-state index contributed by atoms with van der Waals surface area (Å²) in [5.74, 6) is 0.0201. The molecule has 1 aliphatic heterocycles. The van der Waals surface area contributed by atoms with Gasteiger partial charge >= 0.3 is 0 Å². The highest BCUT2D eigenvalue weighted by atomic mass is 35.5. The average molecular weight is 301 g/mol. The molecular weight excluding hydrogens is 284 g/mol. The summed E-state index contributed by atoms with van der Waals surface area (Å²) in [6.07, 6.45) is 0.863. The van der Waals surface area contributed by atoms with Crippen LogP contribution in [-0.4, -0.2) is 12.5 Å². The fraction of sp³-hybridized carbons (Fsp3) is 0.235. The number of rotatable bonds is 4. The van der Waals surface area contributed by atoms with Gasteiger partial charge in [-0.2, -0.15) is 0 Å². The third-order valence-corrected chi connectivity index (χ3v) is 3.97. The van der Waals surface area contributed by atoms with Gasteiger partial charge in [-0.3, -0.25) is 4.79 Å². The lowest BCUT2D eigenvalue weighted by Gasteiger charge is -2.12. The Kier molecular flexibility index (Phi) is 3.95. The van der Waals surface area contributed by atoms with Crippen LogP contribution in [0.1, 0.15) is 22.7 Å². The maximum absolute atomic E-state index is 12.0. The molecule has 2 aromatic rings. The molecule has 1 atom stereocenters. The smallest absolute Gasteiger partial charge is 0.246 e. The molecule has 1 unspecified atom stereocenters. The third-order valence-electron chi connectivity index (χ3n) is 3.71. The van der Waals surface area contributed by atoms with Crippen molar-refractivity contribution >= 4 is 23.2 Å². The molecule has 2 aromatic carbocycles. The first-order valence-corrected chi connectivity index (χ1v) is 7.40. The van der Waals surface area contributed by atoms with Crippen molar-refractivity contribution in [1.82, 2.24) is 5.32 Å². The molecule has 3 nitrogen and oxygen atoms in total. The number of aryl methyl sites for hydroxylation is 1. The molecule has 2 N–H and O–H groups in total. The molecule has 0 spiro atoms. The molecule has 1 aliphatic rings. The lowest BCUT2D eigenvalue weighted by Crippen LogP contribution is -2.29. The minimum absolute atomic E-state index is 0.0201. The lowest BCUT2D eigenvalue weighted by atomic mass is 10.0. The zero-order valence-electron chi connectivity index (χ0n) is 11.8. The summed E-state index contributed by atoms with van der Waals surface area (Å²) >= 11 is 5.87. The Morgan fingerprint density at radius 1 is 1.19 bits per heavy atom. The molecule has 0 radical (unpaired) electrons. The first kappa shape index (κ1) is 14.1. The first-order chi connectivity index (χ1) is 10.1. The van der Waals surface area contributed by atoms with Crippen molar-refractivity contribution in [2.75, 3.05) is 11.9 Å². The predicted octanol–water partition coefficient (Wildman–Crippen LogP) is 3.47. The Bertz CT molecular complexity index is 667. The van der Waals surface area contributed by atoms with Crippen LogP contribution in [0.4, 0.5) is 5.69 Å². The quantitative estimate of drug-likeness (QED) is 0.908. The molecule has 0 saturated carbocycles. The number of benzene rings is 2. The summed E-state index contributed by atoms with van der Waals surface area (Å²) in [6.45, 7) is 2.78. The summed E-state index contributed by atoms with van der Waals surface area (Å²) in [5.41, 5.74) is 4.32. The molecular formula is C17H17ClN2O. The van der Waals surface area contributed by atoms with E-state index in [9.17, 15) is 4.79 Å². The Morgan fingerprint density at radius 2 is 1.95 bits per heavy atom. The lowest BCUT2D eigenvalue weighted by molar-refractivity contribution is -0.117. The summed E-state index contributed by atoms with van der Waals surface area (Å²) in [6, 6.07) is 13.6. The third kappa shape index (κ3) is 3.09. The van der Waals surface area contributed by atoms with Gasteiger partial charge in [0.1, 0.15) is 6.04 Å². The van der Waals surface area contributed by atoms with Crippen LogP contribution in [0.25, 0.3) is 0 Å². The van der Waals surface area contributed by atoms with Gasteiger partial charge in [-0.1, -0.05) is 41.4 Å². The van der Waals surface area contributed by atoms with Gasteiger partial charge in [-0.15, -0.1) is 0 Å². The highest BCUT2D eigenvalue weighted by Gasteiger charge is 2.29. The molecule has 1 heterocycles. The van der Waals surface area contributed by atoms with E-state index in [1.165, 1.54) is 5.56 Å². The summed E-state index contributed by atoms with van der Waals surface area (Å²) in [4.78, 5) is 12.0.